The highest BCUT2D eigenvalue weighted by atomic mass is 31.2. The summed E-state index contributed by atoms with van der Waals surface area (Å²) in [5, 5.41) is 3.76. The molecule has 0 unspecified atom stereocenters. The van der Waals surface area contributed by atoms with Crippen molar-refractivity contribution in [1.82, 2.24) is 19.1 Å². The molecule has 0 bridgehead atoms. The lowest BCUT2D eigenvalue weighted by atomic mass is 10.1. The molecule has 0 aliphatic heterocycles. The van der Waals surface area contributed by atoms with Crippen LogP contribution in [-0.2, 0) is 0 Å². The van der Waals surface area contributed by atoms with Gasteiger partial charge in [0, 0.05) is 47.8 Å². The molecule has 4 nitrogen and oxygen atoms in total. The van der Waals surface area contributed by atoms with Crippen molar-refractivity contribution >= 4 is 7.87 Å². The number of nitrogens with zero attached hydrogens (tertiary/aromatic N) is 3. The highest BCUT2D eigenvalue weighted by Gasteiger charge is 2.50. The smallest absolute Gasteiger partial charge is 0.140 e. The van der Waals surface area contributed by atoms with Crippen LogP contribution >= 0.6 is 7.87 Å². The van der Waals surface area contributed by atoms with Crippen molar-refractivity contribution in [1.29, 1.82) is 0 Å². The van der Waals surface area contributed by atoms with Crippen LogP contribution in [-0.4, -0.2) is 61.8 Å². The minimum absolute atomic E-state index is 0.104. The Morgan fingerprint density at radius 3 is 1.07 bits per heavy atom. The third-order valence-electron chi connectivity index (χ3n) is 2.16. The maximum Gasteiger partial charge on any atom is 0.304 e. The Morgan fingerprint density at radius 2 is 1.00 bits per heavy atom. The van der Waals surface area contributed by atoms with Crippen LogP contribution in [0.2, 0.25) is 0 Å². The number of nitrogens with one attached hydrogen (secondary N) is 1. The molecule has 0 heterocycles. The van der Waals surface area contributed by atoms with Crippen LogP contribution in [0.3, 0.4) is 0 Å². The Kier molecular flexibility index (Phi) is 5.16. The van der Waals surface area contributed by atoms with Gasteiger partial charge in [-0.2, -0.15) is 0 Å². The van der Waals surface area contributed by atoms with Crippen molar-refractivity contribution in [2.45, 2.75) is 26.3 Å². The molecule has 92 valence electrons. The molecule has 0 amide bonds. The monoisotopic (exact) mass is 235 g/mol. The van der Waals surface area contributed by atoms with Crippen LogP contribution < -0.4 is 5.09 Å². The molecular formula is C10H28N4P+. The Hall–Kier alpha value is 0.270. The molecule has 0 rings (SSSR count). The van der Waals surface area contributed by atoms with Crippen LogP contribution in [0.25, 0.3) is 0 Å². The van der Waals surface area contributed by atoms with Gasteiger partial charge < -0.3 is 0 Å². The van der Waals surface area contributed by atoms with Crippen molar-refractivity contribution in [2.24, 2.45) is 0 Å². The van der Waals surface area contributed by atoms with Crippen molar-refractivity contribution in [3.05, 3.63) is 0 Å². The zero-order valence-corrected chi connectivity index (χ0v) is 12.7. The van der Waals surface area contributed by atoms with Crippen molar-refractivity contribution in [3.63, 3.8) is 0 Å². The van der Waals surface area contributed by atoms with Gasteiger partial charge in [-0.25, -0.2) is 0 Å². The van der Waals surface area contributed by atoms with Gasteiger partial charge in [0.15, 0.2) is 0 Å². The third kappa shape index (κ3) is 3.65. The molecule has 1 N–H and O–H groups in total. The number of hydrogen-bond acceptors (Lipinski definition) is 4. The molecule has 0 fully saturated rings. The summed E-state index contributed by atoms with van der Waals surface area (Å²) in [7, 11) is 11.2. The molecule has 0 saturated carbocycles. The van der Waals surface area contributed by atoms with E-state index >= 15 is 0 Å². The first-order valence-electron chi connectivity index (χ1n) is 5.26. The van der Waals surface area contributed by atoms with E-state index < -0.39 is 7.87 Å². The summed E-state index contributed by atoms with van der Waals surface area (Å²) in [4.78, 5) is 0. The van der Waals surface area contributed by atoms with Crippen molar-refractivity contribution < 1.29 is 0 Å². The molecule has 0 spiro atoms. The first kappa shape index (κ1) is 15.3. The molecule has 0 aromatic carbocycles. The summed E-state index contributed by atoms with van der Waals surface area (Å²) in [5.74, 6) is 0. The van der Waals surface area contributed by atoms with Gasteiger partial charge in [0.2, 0.25) is 0 Å². The van der Waals surface area contributed by atoms with E-state index in [2.05, 4.69) is 82.2 Å². The molecule has 0 aliphatic carbocycles. The van der Waals surface area contributed by atoms with Gasteiger partial charge in [0.1, 0.15) is 0 Å². The van der Waals surface area contributed by atoms with E-state index in [-0.39, 0.29) is 5.54 Å². The minimum Gasteiger partial charge on any atom is -0.140 e. The fourth-order valence-electron chi connectivity index (χ4n) is 1.82. The molecule has 0 aromatic rings. The van der Waals surface area contributed by atoms with E-state index in [1.54, 1.807) is 0 Å². The molecule has 0 aromatic heterocycles. The van der Waals surface area contributed by atoms with Gasteiger partial charge in [-0.3, -0.25) is 0 Å². The van der Waals surface area contributed by atoms with Crippen LogP contribution in [0.15, 0.2) is 0 Å². The summed E-state index contributed by atoms with van der Waals surface area (Å²) >= 11 is 0. The second kappa shape index (κ2) is 5.07. The molecule has 0 atom stereocenters. The highest BCUT2D eigenvalue weighted by molar-refractivity contribution is 7.67. The minimum atomic E-state index is -1.58. The van der Waals surface area contributed by atoms with Crippen LogP contribution in [0.5, 0.6) is 0 Å². The predicted octanol–water partition coefficient (Wildman–Crippen LogP) is 1.74. The second-order valence-electron chi connectivity index (χ2n) is 5.47. The van der Waals surface area contributed by atoms with E-state index in [0.29, 0.717) is 0 Å². The summed E-state index contributed by atoms with van der Waals surface area (Å²) < 4.78 is 6.87. The molecule has 15 heavy (non-hydrogen) atoms. The Balaban J connectivity index is 5.15. The van der Waals surface area contributed by atoms with Gasteiger partial charge in [-0.15, -0.1) is 19.1 Å². The van der Waals surface area contributed by atoms with Gasteiger partial charge >= 0.3 is 7.87 Å². The van der Waals surface area contributed by atoms with Crippen molar-refractivity contribution in [2.75, 3.05) is 42.3 Å². The maximum atomic E-state index is 3.76. The quantitative estimate of drug-likeness (QED) is 0.749. The Bertz CT molecular complexity index is 174. The highest BCUT2D eigenvalue weighted by Crippen LogP contribution is 2.60. The van der Waals surface area contributed by atoms with Crippen molar-refractivity contribution in [3.8, 4) is 0 Å². The summed E-state index contributed by atoms with van der Waals surface area (Å²) in [6.45, 7) is 6.62. The summed E-state index contributed by atoms with van der Waals surface area (Å²) in [6.07, 6.45) is 0. The van der Waals surface area contributed by atoms with Gasteiger partial charge in [0.25, 0.3) is 0 Å². The summed E-state index contributed by atoms with van der Waals surface area (Å²) in [6, 6.07) is 0. The predicted molar refractivity (Wildman–Crippen MR) is 70.9 cm³/mol. The molecule has 0 saturated heterocycles. The normalized spacial score (nSPS) is 14.4. The van der Waals surface area contributed by atoms with Gasteiger partial charge in [0.05, 0.1) is 0 Å². The molecule has 5 heteroatoms. The van der Waals surface area contributed by atoms with Gasteiger partial charge in [-0.05, 0) is 20.8 Å². The fourth-order valence-corrected chi connectivity index (χ4v) is 5.47. The first-order chi connectivity index (χ1) is 6.54. The number of hydrogen-bond donors (Lipinski definition) is 1. The average Bonchev–Trinajstić information content (AvgIpc) is 1.96. The SMILES string of the molecule is CN(C)[P+](NC(C)(C)C)(N(C)C)N(C)C. The zero-order chi connectivity index (χ0) is 12.4. The molecule has 0 radical (unpaired) electrons. The van der Waals surface area contributed by atoms with Crippen LogP contribution in [0.4, 0.5) is 0 Å². The molecular weight excluding hydrogens is 207 g/mol. The third-order valence-corrected chi connectivity index (χ3v) is 6.48. The van der Waals surface area contributed by atoms with E-state index in [4.69, 9.17) is 0 Å². The second-order valence-corrected chi connectivity index (χ2v) is 9.23. The topological polar surface area (TPSA) is 21.8 Å². The largest absolute Gasteiger partial charge is 0.304 e. The lowest BCUT2D eigenvalue weighted by Gasteiger charge is -2.42. The Morgan fingerprint density at radius 1 is 0.733 bits per heavy atom. The van der Waals surface area contributed by atoms with E-state index in [1.807, 2.05) is 0 Å². The van der Waals surface area contributed by atoms with E-state index in [9.17, 15) is 0 Å². The first-order valence-corrected chi connectivity index (χ1v) is 6.90. The van der Waals surface area contributed by atoms with Crippen LogP contribution in [0, 0.1) is 0 Å². The molecule has 0 aliphatic rings. The average molecular weight is 235 g/mol. The van der Waals surface area contributed by atoms with E-state index in [1.165, 1.54) is 0 Å². The van der Waals surface area contributed by atoms with Crippen LogP contribution in [0.1, 0.15) is 20.8 Å². The summed E-state index contributed by atoms with van der Waals surface area (Å²) in [5.41, 5.74) is 0.104. The Labute approximate surface area is 96.2 Å². The maximum absolute atomic E-state index is 3.76. The zero-order valence-electron chi connectivity index (χ0n) is 11.8. The van der Waals surface area contributed by atoms with E-state index in [0.717, 1.165) is 0 Å². The van der Waals surface area contributed by atoms with Gasteiger partial charge in [-0.1, -0.05) is 0 Å². The lowest BCUT2D eigenvalue weighted by molar-refractivity contribution is 0.398. The lowest BCUT2D eigenvalue weighted by Crippen LogP contribution is -2.50. The standard InChI is InChI=1S/C10H28N4P/c1-10(2,3)11-15(12(4)5,13(6)7)14(8)9/h11H,1-9H3/q+1. The fraction of sp³-hybridized carbons (Fsp3) is 1.00. The number of rotatable bonds is 4.